The summed E-state index contributed by atoms with van der Waals surface area (Å²) in [5.74, 6) is -0.221. The Hall–Kier alpha value is -1.77. The molecule has 1 aromatic carbocycles. The molecule has 0 saturated carbocycles. The molecule has 2 rings (SSSR count). The predicted octanol–water partition coefficient (Wildman–Crippen LogP) is 3.55. The average molecular weight is 395 g/mol. The van der Waals surface area contributed by atoms with Crippen molar-refractivity contribution in [1.29, 1.82) is 0 Å². The number of benzene rings is 1. The average Bonchev–Trinajstić information content (AvgIpc) is 2.86. The van der Waals surface area contributed by atoms with Gasteiger partial charge < -0.3 is 9.88 Å². The number of amides is 1. The van der Waals surface area contributed by atoms with Gasteiger partial charge in [0.15, 0.2) is 9.07 Å². The van der Waals surface area contributed by atoms with Crippen molar-refractivity contribution in [2.75, 3.05) is 0 Å². The number of hydrogen-bond acceptors (Lipinski definition) is 4. The van der Waals surface area contributed by atoms with Gasteiger partial charge in [0.1, 0.15) is 6.54 Å². The zero-order valence-electron chi connectivity index (χ0n) is 14.7. The Morgan fingerprint density at radius 3 is 2.44 bits per heavy atom. The molecule has 1 aromatic heterocycles. The summed E-state index contributed by atoms with van der Waals surface area (Å²) in [6.07, 6.45) is 0. The first-order valence-corrected chi connectivity index (χ1v) is 9.48. The van der Waals surface area contributed by atoms with Gasteiger partial charge in [-0.25, -0.2) is 0 Å². The molecule has 0 radical (unpaired) electrons. The van der Waals surface area contributed by atoms with Crippen LogP contribution in [0.25, 0.3) is 11.3 Å². The number of hydrazine groups is 1. The summed E-state index contributed by atoms with van der Waals surface area (Å²) in [7, 11) is 0. The maximum Gasteiger partial charge on any atom is 0.258 e. The Morgan fingerprint density at radius 2 is 1.84 bits per heavy atom. The Kier molecular flexibility index (Phi) is 6.31. The molecular formula is C17H22N4OS3. The van der Waals surface area contributed by atoms with Gasteiger partial charge >= 0.3 is 0 Å². The summed E-state index contributed by atoms with van der Waals surface area (Å²) in [6.45, 7) is 8.12. The first-order chi connectivity index (χ1) is 11.7. The van der Waals surface area contributed by atoms with Gasteiger partial charge in [0.25, 0.3) is 5.91 Å². The number of carbonyl (C=O) groups excluding carboxylic acids is 1. The van der Waals surface area contributed by atoms with E-state index in [1.54, 1.807) is 0 Å². The number of rotatable bonds is 3. The lowest BCUT2D eigenvalue weighted by molar-refractivity contribution is -0.122. The zero-order chi connectivity index (χ0) is 18.6. The zero-order valence-corrected chi connectivity index (χ0v) is 17.1. The van der Waals surface area contributed by atoms with E-state index in [0.29, 0.717) is 9.07 Å². The second-order valence-corrected chi connectivity index (χ2v) is 8.63. The van der Waals surface area contributed by atoms with Crippen molar-refractivity contribution in [3.05, 3.63) is 39.2 Å². The predicted molar refractivity (Wildman–Crippen MR) is 110 cm³/mol. The van der Waals surface area contributed by atoms with Gasteiger partial charge in [-0.1, -0.05) is 29.8 Å². The summed E-state index contributed by atoms with van der Waals surface area (Å²) in [5.41, 5.74) is 8.29. The van der Waals surface area contributed by atoms with Crippen molar-refractivity contribution in [1.82, 2.24) is 20.7 Å². The number of thiazole rings is 1. The minimum absolute atomic E-state index is 0.122. The quantitative estimate of drug-likeness (QED) is 0.549. The SMILES string of the molecule is Cc1ccc(-c2csc(=S)n2CC(=O)NNC(=S)NC(C)(C)C)cc1. The van der Waals surface area contributed by atoms with Crippen molar-refractivity contribution >= 4 is 46.8 Å². The third kappa shape index (κ3) is 5.91. The first-order valence-electron chi connectivity index (χ1n) is 7.78. The highest BCUT2D eigenvalue weighted by molar-refractivity contribution is 7.80. The van der Waals surface area contributed by atoms with Gasteiger partial charge in [-0.05, 0) is 57.7 Å². The van der Waals surface area contributed by atoms with E-state index in [1.165, 1.54) is 16.9 Å². The molecule has 134 valence electrons. The molecule has 0 aliphatic rings. The van der Waals surface area contributed by atoms with Crippen LogP contribution in [0.15, 0.2) is 29.6 Å². The third-order valence-electron chi connectivity index (χ3n) is 3.24. The topological polar surface area (TPSA) is 58.1 Å². The van der Waals surface area contributed by atoms with Crippen LogP contribution in [0, 0.1) is 10.9 Å². The lowest BCUT2D eigenvalue weighted by Gasteiger charge is -2.23. The van der Waals surface area contributed by atoms with Crippen LogP contribution >= 0.6 is 35.8 Å². The Bertz CT molecular complexity index is 816. The molecule has 2 aromatic rings. The molecule has 0 fully saturated rings. The van der Waals surface area contributed by atoms with Gasteiger partial charge in [-0.2, -0.15) is 0 Å². The van der Waals surface area contributed by atoms with Gasteiger partial charge in [0, 0.05) is 10.9 Å². The number of nitrogens with zero attached hydrogens (tertiary/aromatic N) is 1. The van der Waals surface area contributed by atoms with E-state index in [0.717, 1.165) is 11.3 Å². The normalized spacial score (nSPS) is 11.0. The monoisotopic (exact) mass is 394 g/mol. The maximum atomic E-state index is 12.2. The minimum atomic E-state index is -0.221. The molecule has 0 atom stereocenters. The third-order valence-corrected chi connectivity index (χ3v) is 4.71. The number of carbonyl (C=O) groups is 1. The standard InChI is InChI=1S/C17H22N4OS3/c1-11-5-7-12(8-6-11)13-10-25-16(24)21(13)9-14(22)19-20-15(23)18-17(2,3)4/h5-8,10H,9H2,1-4H3,(H,19,22)(H2,18,20,23). The van der Waals surface area contributed by atoms with Crippen molar-refractivity contribution < 1.29 is 4.79 Å². The van der Waals surface area contributed by atoms with E-state index in [1.807, 2.05) is 61.9 Å². The smallest absolute Gasteiger partial charge is 0.258 e. The fourth-order valence-electron chi connectivity index (χ4n) is 2.11. The first kappa shape index (κ1) is 19.6. The molecule has 0 aliphatic carbocycles. The van der Waals surface area contributed by atoms with Crippen LogP contribution in [-0.2, 0) is 11.3 Å². The second-order valence-electron chi connectivity index (χ2n) is 6.72. The van der Waals surface area contributed by atoms with E-state index in [-0.39, 0.29) is 18.0 Å². The van der Waals surface area contributed by atoms with Gasteiger partial charge in [-0.3, -0.25) is 15.6 Å². The van der Waals surface area contributed by atoms with Crippen molar-refractivity contribution in [2.45, 2.75) is 39.8 Å². The van der Waals surface area contributed by atoms with Gasteiger partial charge in [0.2, 0.25) is 0 Å². The number of aryl methyl sites for hydroxylation is 1. The lowest BCUT2D eigenvalue weighted by Crippen LogP contribution is -2.52. The molecular weight excluding hydrogens is 372 g/mol. The van der Waals surface area contributed by atoms with Crippen LogP contribution in [0.1, 0.15) is 26.3 Å². The lowest BCUT2D eigenvalue weighted by atomic mass is 10.1. The van der Waals surface area contributed by atoms with E-state index < -0.39 is 0 Å². The van der Waals surface area contributed by atoms with E-state index in [2.05, 4.69) is 16.2 Å². The van der Waals surface area contributed by atoms with Crippen LogP contribution in [-0.4, -0.2) is 21.1 Å². The van der Waals surface area contributed by atoms with E-state index in [9.17, 15) is 4.79 Å². The molecule has 0 unspecified atom stereocenters. The van der Waals surface area contributed by atoms with E-state index >= 15 is 0 Å². The summed E-state index contributed by atoms with van der Waals surface area (Å²) in [5, 5.41) is 5.41. The highest BCUT2D eigenvalue weighted by Gasteiger charge is 2.13. The molecule has 5 nitrogen and oxygen atoms in total. The summed E-state index contributed by atoms with van der Waals surface area (Å²) in [6, 6.07) is 8.14. The highest BCUT2D eigenvalue weighted by Crippen LogP contribution is 2.24. The van der Waals surface area contributed by atoms with Crippen molar-refractivity contribution in [3.8, 4) is 11.3 Å². The fourth-order valence-corrected chi connectivity index (χ4v) is 3.54. The molecule has 3 N–H and O–H groups in total. The Labute approximate surface area is 162 Å². The molecule has 0 spiro atoms. The Morgan fingerprint density at radius 1 is 1.20 bits per heavy atom. The van der Waals surface area contributed by atoms with Crippen molar-refractivity contribution in [3.63, 3.8) is 0 Å². The number of nitrogens with one attached hydrogen (secondary N) is 3. The summed E-state index contributed by atoms with van der Waals surface area (Å²) >= 11 is 12.0. The number of aromatic nitrogens is 1. The van der Waals surface area contributed by atoms with Crippen LogP contribution in [0.4, 0.5) is 0 Å². The van der Waals surface area contributed by atoms with Gasteiger partial charge in [-0.15, -0.1) is 11.3 Å². The van der Waals surface area contributed by atoms with Crippen LogP contribution in [0.3, 0.4) is 0 Å². The Balaban J connectivity index is 2.04. The minimum Gasteiger partial charge on any atom is -0.357 e. The number of hydrogen-bond donors (Lipinski definition) is 3. The molecule has 8 heteroatoms. The molecule has 25 heavy (non-hydrogen) atoms. The summed E-state index contributed by atoms with van der Waals surface area (Å²) in [4.78, 5) is 12.2. The van der Waals surface area contributed by atoms with Crippen LogP contribution in [0.5, 0.6) is 0 Å². The van der Waals surface area contributed by atoms with Gasteiger partial charge in [0.05, 0.1) is 5.69 Å². The fraction of sp³-hybridized carbons (Fsp3) is 0.353. The second kappa shape index (κ2) is 8.07. The largest absolute Gasteiger partial charge is 0.357 e. The number of thiocarbonyl (C=S) groups is 1. The van der Waals surface area contributed by atoms with Crippen LogP contribution < -0.4 is 16.2 Å². The molecule has 0 saturated heterocycles. The molecule has 1 amide bonds. The summed E-state index contributed by atoms with van der Waals surface area (Å²) < 4.78 is 2.48. The van der Waals surface area contributed by atoms with Crippen molar-refractivity contribution in [2.24, 2.45) is 0 Å². The van der Waals surface area contributed by atoms with E-state index in [4.69, 9.17) is 24.4 Å². The molecule has 1 heterocycles. The molecule has 0 bridgehead atoms. The van der Waals surface area contributed by atoms with Crippen LogP contribution in [0.2, 0.25) is 0 Å². The molecule has 0 aliphatic heterocycles. The highest BCUT2D eigenvalue weighted by atomic mass is 32.1. The maximum absolute atomic E-state index is 12.2.